The Bertz CT molecular complexity index is 774. The van der Waals surface area contributed by atoms with Crippen molar-refractivity contribution in [1.82, 2.24) is 20.2 Å². The summed E-state index contributed by atoms with van der Waals surface area (Å²) >= 11 is 3.23. The number of fused-ring (bicyclic) bond motifs is 1. The van der Waals surface area contributed by atoms with Gasteiger partial charge < -0.3 is 10.1 Å². The maximum absolute atomic E-state index is 12.5. The molecule has 0 aliphatic carbocycles. The predicted molar refractivity (Wildman–Crippen MR) is 112 cm³/mol. The Morgan fingerprint density at radius 3 is 2.93 bits per heavy atom. The van der Waals surface area contributed by atoms with E-state index in [1.54, 1.807) is 11.3 Å². The van der Waals surface area contributed by atoms with Crippen LogP contribution in [0, 0.1) is 6.92 Å². The van der Waals surface area contributed by atoms with E-state index in [4.69, 9.17) is 4.74 Å². The number of nitrogens with zero attached hydrogens (tertiary/aromatic N) is 3. The fourth-order valence-corrected chi connectivity index (χ4v) is 5.08. The quantitative estimate of drug-likeness (QED) is 0.412. The zero-order valence-electron chi connectivity index (χ0n) is 16.3. The van der Waals surface area contributed by atoms with Gasteiger partial charge in [-0.1, -0.05) is 18.7 Å². The van der Waals surface area contributed by atoms with Crippen LogP contribution in [0.2, 0.25) is 0 Å². The zero-order valence-corrected chi connectivity index (χ0v) is 17.9. The summed E-state index contributed by atoms with van der Waals surface area (Å²) in [7, 11) is 0. The van der Waals surface area contributed by atoms with E-state index in [2.05, 4.69) is 33.2 Å². The number of ether oxygens (including phenoxy) is 1. The van der Waals surface area contributed by atoms with Crippen LogP contribution >= 0.6 is 23.1 Å². The third-order valence-corrected chi connectivity index (χ3v) is 6.86. The minimum absolute atomic E-state index is 0.0670. The molecular formula is C19H28N4O2S2. The number of carbonyl (C=O) groups is 1. The Hall–Kier alpha value is -1.22. The number of thioether (sulfide) groups is 1. The summed E-state index contributed by atoms with van der Waals surface area (Å²) in [5.41, 5.74) is 0. The van der Waals surface area contributed by atoms with Gasteiger partial charge in [-0.3, -0.25) is 9.69 Å². The van der Waals surface area contributed by atoms with Gasteiger partial charge in [-0.2, -0.15) is 0 Å². The van der Waals surface area contributed by atoms with E-state index >= 15 is 0 Å². The van der Waals surface area contributed by atoms with Crippen molar-refractivity contribution in [2.45, 2.75) is 43.9 Å². The van der Waals surface area contributed by atoms with Gasteiger partial charge in [-0.15, -0.1) is 11.3 Å². The largest absolute Gasteiger partial charge is 0.379 e. The molecule has 8 heteroatoms. The van der Waals surface area contributed by atoms with Crippen LogP contribution in [0.3, 0.4) is 0 Å². The highest BCUT2D eigenvalue weighted by molar-refractivity contribution is 8.00. The summed E-state index contributed by atoms with van der Waals surface area (Å²) in [6.45, 7) is 11.3. The van der Waals surface area contributed by atoms with Crippen LogP contribution in [-0.2, 0) is 16.0 Å². The van der Waals surface area contributed by atoms with Crippen LogP contribution in [-0.4, -0.2) is 65.4 Å². The summed E-state index contributed by atoms with van der Waals surface area (Å²) in [6, 6.07) is 2.16. The van der Waals surface area contributed by atoms with Crippen molar-refractivity contribution in [3.63, 3.8) is 0 Å². The van der Waals surface area contributed by atoms with Gasteiger partial charge in [0.1, 0.15) is 15.7 Å². The van der Waals surface area contributed by atoms with Crippen molar-refractivity contribution in [3.8, 4) is 0 Å². The standard InChI is InChI=1S/C19H28N4O2S2/c1-4-15-12-16-18(21-14(3)22-19(16)27-15)26-13(2)17(24)20-6-5-7-23-8-10-25-11-9-23/h12-13H,4-11H2,1-3H3,(H,20,24). The van der Waals surface area contributed by atoms with E-state index in [1.807, 2.05) is 13.8 Å². The number of amides is 1. The second kappa shape index (κ2) is 9.82. The highest BCUT2D eigenvalue weighted by Crippen LogP contribution is 2.33. The molecule has 2 aromatic heterocycles. The SMILES string of the molecule is CCc1cc2c(SC(C)C(=O)NCCCN3CCOCC3)nc(C)nc2s1. The maximum Gasteiger partial charge on any atom is 0.233 e. The molecule has 2 aromatic rings. The second-order valence-corrected chi connectivity index (χ2v) is 9.16. The lowest BCUT2D eigenvalue weighted by atomic mass is 10.3. The molecular weight excluding hydrogens is 380 g/mol. The van der Waals surface area contributed by atoms with Gasteiger partial charge >= 0.3 is 0 Å². The van der Waals surface area contributed by atoms with Gasteiger partial charge in [-0.25, -0.2) is 9.97 Å². The van der Waals surface area contributed by atoms with Crippen LogP contribution in [0.15, 0.2) is 11.1 Å². The third-order valence-electron chi connectivity index (χ3n) is 4.58. The molecule has 1 unspecified atom stereocenters. The van der Waals surface area contributed by atoms with E-state index in [9.17, 15) is 4.79 Å². The Morgan fingerprint density at radius 2 is 2.19 bits per heavy atom. The van der Waals surface area contributed by atoms with Crippen LogP contribution in [0.5, 0.6) is 0 Å². The van der Waals surface area contributed by atoms with E-state index in [1.165, 1.54) is 16.6 Å². The first-order valence-corrected chi connectivity index (χ1v) is 11.3. The van der Waals surface area contributed by atoms with Gasteiger partial charge in [-0.05, 0) is 39.3 Å². The molecule has 0 aromatic carbocycles. The molecule has 148 valence electrons. The summed E-state index contributed by atoms with van der Waals surface area (Å²) in [5, 5.41) is 4.85. The van der Waals surface area contributed by atoms with E-state index < -0.39 is 0 Å². The van der Waals surface area contributed by atoms with Crippen molar-refractivity contribution >= 4 is 39.2 Å². The molecule has 1 saturated heterocycles. The molecule has 0 spiro atoms. The molecule has 3 heterocycles. The number of hydrogen-bond donors (Lipinski definition) is 1. The number of hydrogen-bond acceptors (Lipinski definition) is 7. The normalized spacial score (nSPS) is 16.6. The van der Waals surface area contributed by atoms with Crippen molar-refractivity contribution in [2.75, 3.05) is 39.4 Å². The Labute approximate surface area is 169 Å². The second-order valence-electron chi connectivity index (χ2n) is 6.72. The van der Waals surface area contributed by atoms with Crippen molar-refractivity contribution in [2.24, 2.45) is 0 Å². The summed E-state index contributed by atoms with van der Waals surface area (Å²) < 4.78 is 5.36. The highest BCUT2D eigenvalue weighted by atomic mass is 32.2. The van der Waals surface area contributed by atoms with Crippen molar-refractivity contribution in [3.05, 3.63) is 16.8 Å². The molecule has 1 amide bonds. The molecule has 1 aliphatic rings. The van der Waals surface area contributed by atoms with Crippen LogP contribution < -0.4 is 5.32 Å². The minimum Gasteiger partial charge on any atom is -0.379 e. The van der Waals surface area contributed by atoms with Gasteiger partial charge in [0, 0.05) is 29.9 Å². The van der Waals surface area contributed by atoms with Gasteiger partial charge in [0.05, 0.1) is 18.5 Å². The third kappa shape index (κ3) is 5.63. The number of thiophene rings is 1. The van der Waals surface area contributed by atoms with Crippen LogP contribution in [0.4, 0.5) is 0 Å². The Balaban J connectivity index is 1.51. The fourth-order valence-electron chi connectivity index (χ4n) is 3.01. The van der Waals surface area contributed by atoms with Gasteiger partial charge in [0.25, 0.3) is 0 Å². The molecule has 1 aliphatic heterocycles. The lowest BCUT2D eigenvalue weighted by Gasteiger charge is -2.26. The minimum atomic E-state index is -0.184. The smallest absolute Gasteiger partial charge is 0.233 e. The lowest BCUT2D eigenvalue weighted by Crippen LogP contribution is -2.38. The molecule has 1 N–H and O–H groups in total. The molecule has 1 atom stereocenters. The Morgan fingerprint density at radius 1 is 1.41 bits per heavy atom. The monoisotopic (exact) mass is 408 g/mol. The number of aromatic nitrogens is 2. The molecule has 27 heavy (non-hydrogen) atoms. The molecule has 0 saturated carbocycles. The predicted octanol–water partition coefficient (Wildman–Crippen LogP) is 2.88. The summed E-state index contributed by atoms with van der Waals surface area (Å²) in [5.74, 6) is 0.824. The number of carbonyl (C=O) groups excluding carboxylic acids is 1. The topological polar surface area (TPSA) is 67.4 Å². The molecule has 3 rings (SSSR count). The van der Waals surface area contributed by atoms with Crippen LogP contribution in [0.1, 0.15) is 31.0 Å². The highest BCUT2D eigenvalue weighted by Gasteiger charge is 2.18. The lowest BCUT2D eigenvalue weighted by molar-refractivity contribution is -0.120. The molecule has 0 bridgehead atoms. The van der Waals surface area contributed by atoms with Crippen LogP contribution in [0.25, 0.3) is 10.2 Å². The zero-order chi connectivity index (χ0) is 19.2. The van der Waals surface area contributed by atoms with E-state index in [-0.39, 0.29) is 11.2 Å². The van der Waals surface area contributed by atoms with Gasteiger partial charge in [0.15, 0.2) is 0 Å². The first-order chi connectivity index (χ1) is 13.1. The van der Waals surface area contributed by atoms with Crippen molar-refractivity contribution in [1.29, 1.82) is 0 Å². The molecule has 6 nitrogen and oxygen atoms in total. The fraction of sp³-hybridized carbons (Fsp3) is 0.632. The number of nitrogens with one attached hydrogen (secondary N) is 1. The maximum atomic E-state index is 12.5. The molecule has 0 radical (unpaired) electrons. The first kappa shape index (κ1) is 20.5. The van der Waals surface area contributed by atoms with E-state index in [0.29, 0.717) is 6.54 Å². The number of rotatable bonds is 8. The van der Waals surface area contributed by atoms with Gasteiger partial charge in [0.2, 0.25) is 5.91 Å². The summed E-state index contributed by atoms with van der Waals surface area (Å²) in [4.78, 5) is 26.3. The first-order valence-electron chi connectivity index (χ1n) is 9.58. The summed E-state index contributed by atoms with van der Waals surface area (Å²) in [6.07, 6.45) is 1.95. The molecule has 1 fully saturated rings. The average Bonchev–Trinajstić information content (AvgIpc) is 3.09. The number of morpholine rings is 1. The Kier molecular flexibility index (Phi) is 7.46. The van der Waals surface area contributed by atoms with E-state index in [0.717, 1.165) is 66.8 Å². The van der Waals surface area contributed by atoms with Crippen molar-refractivity contribution < 1.29 is 9.53 Å². The number of aryl methyl sites for hydroxylation is 2. The average molecular weight is 409 g/mol.